The Morgan fingerprint density at radius 1 is 1.06 bits per heavy atom. The molecule has 0 atom stereocenters. The van der Waals surface area contributed by atoms with Gasteiger partial charge in [-0.15, -0.1) is 0 Å². The van der Waals surface area contributed by atoms with Gasteiger partial charge in [0.2, 0.25) is 5.91 Å². The lowest BCUT2D eigenvalue weighted by atomic mass is 10.1. The Bertz CT molecular complexity index is 1390. The molecule has 9 heteroatoms. The molecule has 6 nitrogen and oxygen atoms in total. The number of aromatic nitrogens is 2. The van der Waals surface area contributed by atoms with E-state index in [1.807, 2.05) is 31.2 Å². The summed E-state index contributed by atoms with van der Waals surface area (Å²) in [7, 11) is 1.73. The van der Waals surface area contributed by atoms with Gasteiger partial charge in [-0.1, -0.05) is 53.7 Å². The van der Waals surface area contributed by atoms with Gasteiger partial charge in [0.15, 0.2) is 5.16 Å². The standard InChI is InChI=1S/C26H23F2N3O3S/c1-17-7-9-18(10-8-17)15-30(2)23(32)16-35-26-29-22-6-4-3-5-21(22)24(33)31(26)19-11-13-20(14-12-19)34-25(27)28/h3-14,25H,15-16H2,1-2H3. The van der Waals surface area contributed by atoms with Gasteiger partial charge in [0.25, 0.3) is 5.56 Å². The molecule has 4 aromatic rings. The Morgan fingerprint density at radius 2 is 1.74 bits per heavy atom. The number of hydrogen-bond donors (Lipinski definition) is 0. The number of hydrogen-bond acceptors (Lipinski definition) is 5. The zero-order valence-corrected chi connectivity index (χ0v) is 20.0. The van der Waals surface area contributed by atoms with Gasteiger partial charge in [0.1, 0.15) is 5.75 Å². The van der Waals surface area contributed by atoms with Gasteiger partial charge in [-0.25, -0.2) is 4.98 Å². The number of aryl methyl sites for hydroxylation is 1. The number of nitrogens with zero attached hydrogens (tertiary/aromatic N) is 3. The summed E-state index contributed by atoms with van der Waals surface area (Å²) in [6, 6.07) is 20.6. The highest BCUT2D eigenvalue weighted by Crippen LogP contribution is 2.24. The average Bonchev–Trinajstić information content (AvgIpc) is 2.84. The predicted molar refractivity (Wildman–Crippen MR) is 132 cm³/mol. The molecular formula is C26H23F2N3O3S. The van der Waals surface area contributed by atoms with Crippen molar-refractivity contribution in [3.8, 4) is 11.4 Å². The number of amides is 1. The quantitative estimate of drug-likeness (QED) is 0.253. The van der Waals surface area contributed by atoms with Crippen molar-refractivity contribution in [2.24, 2.45) is 0 Å². The van der Waals surface area contributed by atoms with Crippen LogP contribution in [0.15, 0.2) is 82.7 Å². The topological polar surface area (TPSA) is 64.4 Å². The van der Waals surface area contributed by atoms with Gasteiger partial charge in [0, 0.05) is 13.6 Å². The number of ether oxygens (including phenoxy) is 1. The number of benzene rings is 3. The van der Waals surface area contributed by atoms with Crippen LogP contribution in [0.5, 0.6) is 5.75 Å². The monoisotopic (exact) mass is 495 g/mol. The third-order valence-corrected chi connectivity index (χ3v) is 6.28. The van der Waals surface area contributed by atoms with Crippen molar-refractivity contribution in [2.45, 2.75) is 25.2 Å². The van der Waals surface area contributed by atoms with E-state index in [2.05, 4.69) is 9.72 Å². The molecule has 0 N–H and O–H groups in total. The summed E-state index contributed by atoms with van der Waals surface area (Å²) in [5, 5.41) is 0.737. The molecule has 4 rings (SSSR count). The molecule has 0 unspecified atom stereocenters. The summed E-state index contributed by atoms with van der Waals surface area (Å²) < 4.78 is 30.8. The molecule has 3 aromatic carbocycles. The van der Waals surface area contributed by atoms with Crippen molar-refractivity contribution in [1.82, 2.24) is 14.5 Å². The van der Waals surface area contributed by atoms with E-state index in [4.69, 9.17) is 0 Å². The Hall–Kier alpha value is -3.72. The van der Waals surface area contributed by atoms with E-state index >= 15 is 0 Å². The second kappa shape index (κ2) is 10.7. The number of halogens is 2. The molecule has 1 aromatic heterocycles. The molecule has 35 heavy (non-hydrogen) atoms. The molecule has 0 bridgehead atoms. The van der Waals surface area contributed by atoms with Crippen LogP contribution >= 0.6 is 11.8 Å². The molecule has 0 saturated carbocycles. The Morgan fingerprint density at radius 3 is 2.43 bits per heavy atom. The van der Waals surface area contributed by atoms with Crippen molar-refractivity contribution >= 4 is 28.6 Å². The van der Waals surface area contributed by atoms with Gasteiger partial charge in [-0.05, 0) is 48.9 Å². The number of carbonyl (C=O) groups excluding carboxylic acids is 1. The lowest BCUT2D eigenvalue weighted by Gasteiger charge is -2.18. The number of alkyl halides is 2. The number of fused-ring (bicyclic) bond motifs is 1. The smallest absolute Gasteiger partial charge is 0.387 e. The van der Waals surface area contributed by atoms with E-state index in [0.29, 0.717) is 28.3 Å². The van der Waals surface area contributed by atoms with E-state index in [0.717, 1.165) is 22.9 Å². The maximum Gasteiger partial charge on any atom is 0.387 e. The molecule has 1 heterocycles. The molecule has 0 saturated heterocycles. The van der Waals surface area contributed by atoms with Crippen LogP contribution in [0.4, 0.5) is 8.78 Å². The average molecular weight is 496 g/mol. The third kappa shape index (κ3) is 5.86. The Kier molecular flexibility index (Phi) is 7.45. The number of carbonyl (C=O) groups is 1. The lowest BCUT2D eigenvalue weighted by molar-refractivity contribution is -0.127. The van der Waals surface area contributed by atoms with Crippen LogP contribution in [-0.4, -0.2) is 39.8 Å². The first-order valence-electron chi connectivity index (χ1n) is 10.8. The van der Waals surface area contributed by atoms with Gasteiger partial charge >= 0.3 is 6.61 Å². The number of para-hydroxylation sites is 1. The van der Waals surface area contributed by atoms with Crippen LogP contribution in [0.1, 0.15) is 11.1 Å². The highest BCUT2D eigenvalue weighted by molar-refractivity contribution is 7.99. The second-order valence-electron chi connectivity index (χ2n) is 7.95. The number of rotatable bonds is 8. The minimum absolute atomic E-state index is 0.0207. The van der Waals surface area contributed by atoms with Crippen molar-refractivity contribution < 1.29 is 18.3 Å². The summed E-state index contributed by atoms with van der Waals surface area (Å²) in [6.07, 6.45) is 0. The Labute approximate surface area is 205 Å². The van der Waals surface area contributed by atoms with Crippen molar-refractivity contribution in [1.29, 1.82) is 0 Å². The first-order valence-corrected chi connectivity index (χ1v) is 11.8. The summed E-state index contributed by atoms with van der Waals surface area (Å²) in [5.74, 6) is -0.0717. The largest absolute Gasteiger partial charge is 0.435 e. The van der Waals surface area contributed by atoms with E-state index < -0.39 is 6.61 Å². The molecule has 1 amide bonds. The predicted octanol–water partition coefficient (Wildman–Crippen LogP) is 5.05. The summed E-state index contributed by atoms with van der Waals surface area (Å²) >= 11 is 1.14. The fraction of sp³-hybridized carbons (Fsp3) is 0.192. The van der Waals surface area contributed by atoms with Crippen LogP contribution < -0.4 is 10.3 Å². The van der Waals surface area contributed by atoms with Crippen molar-refractivity contribution in [2.75, 3.05) is 12.8 Å². The molecule has 0 aliphatic heterocycles. The van der Waals surface area contributed by atoms with Gasteiger partial charge in [0.05, 0.1) is 22.3 Å². The van der Waals surface area contributed by atoms with Gasteiger partial charge < -0.3 is 9.64 Å². The van der Waals surface area contributed by atoms with Crippen LogP contribution in [0.3, 0.4) is 0 Å². The van der Waals surface area contributed by atoms with Crippen LogP contribution in [0, 0.1) is 6.92 Å². The van der Waals surface area contributed by atoms with Gasteiger partial charge in [-0.3, -0.25) is 14.2 Å². The molecule has 180 valence electrons. The normalized spacial score (nSPS) is 11.1. The van der Waals surface area contributed by atoms with E-state index in [9.17, 15) is 18.4 Å². The van der Waals surface area contributed by atoms with Crippen LogP contribution in [-0.2, 0) is 11.3 Å². The van der Waals surface area contributed by atoms with Crippen LogP contribution in [0.2, 0.25) is 0 Å². The Balaban J connectivity index is 1.60. The molecular weight excluding hydrogens is 472 g/mol. The number of thioether (sulfide) groups is 1. The minimum Gasteiger partial charge on any atom is -0.435 e. The minimum atomic E-state index is -2.94. The molecule has 0 fully saturated rings. The molecule has 0 radical (unpaired) electrons. The first kappa shape index (κ1) is 24.4. The summed E-state index contributed by atoms with van der Waals surface area (Å²) in [5.41, 5.74) is 2.78. The second-order valence-corrected chi connectivity index (χ2v) is 8.89. The van der Waals surface area contributed by atoms with Crippen molar-refractivity contribution in [3.05, 3.63) is 94.3 Å². The van der Waals surface area contributed by atoms with E-state index in [1.54, 1.807) is 36.2 Å². The maximum atomic E-state index is 13.3. The van der Waals surface area contributed by atoms with E-state index in [1.165, 1.54) is 28.8 Å². The fourth-order valence-electron chi connectivity index (χ4n) is 3.51. The maximum absolute atomic E-state index is 13.3. The molecule has 0 aliphatic carbocycles. The van der Waals surface area contributed by atoms with Gasteiger partial charge in [-0.2, -0.15) is 8.78 Å². The molecule has 0 aliphatic rings. The van der Waals surface area contributed by atoms with E-state index in [-0.39, 0.29) is 23.0 Å². The molecule has 0 spiro atoms. The van der Waals surface area contributed by atoms with Crippen LogP contribution in [0.25, 0.3) is 16.6 Å². The zero-order valence-electron chi connectivity index (χ0n) is 19.2. The lowest BCUT2D eigenvalue weighted by Crippen LogP contribution is -2.28. The highest BCUT2D eigenvalue weighted by atomic mass is 32.2. The first-order chi connectivity index (χ1) is 16.8. The SMILES string of the molecule is Cc1ccc(CN(C)C(=O)CSc2nc3ccccc3c(=O)n2-c2ccc(OC(F)F)cc2)cc1. The zero-order chi connectivity index (χ0) is 24.9. The fourth-order valence-corrected chi connectivity index (χ4v) is 4.46. The third-order valence-electron chi connectivity index (χ3n) is 5.36. The highest BCUT2D eigenvalue weighted by Gasteiger charge is 2.17. The summed E-state index contributed by atoms with van der Waals surface area (Å²) in [4.78, 5) is 32.4. The summed E-state index contributed by atoms with van der Waals surface area (Å²) in [6.45, 7) is -0.478. The van der Waals surface area contributed by atoms with Crippen molar-refractivity contribution in [3.63, 3.8) is 0 Å².